The Morgan fingerprint density at radius 1 is 1.16 bits per heavy atom. The standard InChI is InChI=1S/C24H27N5O2/c30-21-8-4-7-19(12-21)23-16-29(27-26-23)14-20-11-18-9-10-28(20)15-22(18)24(31)25-13-17-5-2-1-3-6-17/h1-8,12,16,18,20,22,30H,9-11,13-15H2,(H,25,31). The van der Waals surface area contributed by atoms with E-state index in [9.17, 15) is 9.90 Å². The molecule has 0 aliphatic carbocycles. The second kappa shape index (κ2) is 8.51. The molecular formula is C24H27N5O2. The predicted molar refractivity (Wildman–Crippen MR) is 117 cm³/mol. The van der Waals surface area contributed by atoms with Gasteiger partial charge in [0.15, 0.2) is 0 Å². The molecule has 1 amide bonds. The number of aromatic hydroxyl groups is 1. The minimum atomic E-state index is 0.0623. The number of phenolic OH excluding ortho intramolecular Hbond substituents is 1. The topological polar surface area (TPSA) is 83.3 Å². The van der Waals surface area contributed by atoms with Crippen molar-refractivity contribution in [3.05, 3.63) is 66.4 Å². The lowest BCUT2D eigenvalue weighted by molar-refractivity contribution is -0.133. The molecule has 3 fully saturated rings. The number of nitrogens with zero attached hydrogens (tertiary/aromatic N) is 4. The third kappa shape index (κ3) is 4.32. The number of nitrogens with one attached hydrogen (secondary N) is 1. The van der Waals surface area contributed by atoms with Crippen molar-refractivity contribution in [3.63, 3.8) is 0 Å². The highest BCUT2D eigenvalue weighted by molar-refractivity contribution is 5.79. The number of benzene rings is 2. The lowest BCUT2D eigenvalue weighted by atomic mass is 9.75. The van der Waals surface area contributed by atoms with E-state index in [2.05, 4.69) is 20.5 Å². The third-order valence-electron chi connectivity index (χ3n) is 6.60. The summed E-state index contributed by atoms with van der Waals surface area (Å²) in [5, 5.41) is 21.4. The van der Waals surface area contributed by atoms with Gasteiger partial charge in [0, 0.05) is 24.7 Å². The molecule has 31 heavy (non-hydrogen) atoms. The molecule has 0 spiro atoms. The van der Waals surface area contributed by atoms with Gasteiger partial charge in [0.25, 0.3) is 0 Å². The van der Waals surface area contributed by atoms with Gasteiger partial charge in [-0.15, -0.1) is 5.10 Å². The molecule has 4 unspecified atom stereocenters. The van der Waals surface area contributed by atoms with E-state index in [0.29, 0.717) is 18.5 Å². The van der Waals surface area contributed by atoms with Crippen LogP contribution in [0.1, 0.15) is 18.4 Å². The van der Waals surface area contributed by atoms with E-state index in [4.69, 9.17) is 0 Å². The number of hydrogen-bond acceptors (Lipinski definition) is 5. The molecule has 3 aromatic rings. The van der Waals surface area contributed by atoms with Gasteiger partial charge in [-0.05, 0) is 43.0 Å². The first-order valence-electron chi connectivity index (χ1n) is 10.9. The van der Waals surface area contributed by atoms with Gasteiger partial charge < -0.3 is 10.4 Å². The van der Waals surface area contributed by atoms with Crippen LogP contribution in [0.4, 0.5) is 0 Å². The number of rotatable bonds is 6. The molecule has 160 valence electrons. The maximum absolute atomic E-state index is 12.8. The first-order valence-corrected chi connectivity index (χ1v) is 10.9. The van der Waals surface area contributed by atoms with Crippen LogP contribution in [0.5, 0.6) is 5.75 Å². The van der Waals surface area contributed by atoms with Gasteiger partial charge in [-0.2, -0.15) is 0 Å². The first-order chi connectivity index (χ1) is 15.2. The van der Waals surface area contributed by atoms with Crippen LogP contribution in [0.2, 0.25) is 0 Å². The van der Waals surface area contributed by atoms with Crippen molar-refractivity contribution in [3.8, 4) is 17.0 Å². The van der Waals surface area contributed by atoms with Gasteiger partial charge in [-0.1, -0.05) is 47.7 Å². The summed E-state index contributed by atoms with van der Waals surface area (Å²) >= 11 is 0. The maximum atomic E-state index is 12.8. The Bertz CT molecular complexity index is 1050. The van der Waals surface area contributed by atoms with Crippen molar-refractivity contribution in [2.45, 2.75) is 32.0 Å². The Kier molecular flexibility index (Phi) is 5.42. The average Bonchev–Trinajstić information content (AvgIpc) is 3.27. The van der Waals surface area contributed by atoms with Crippen LogP contribution in [0.25, 0.3) is 11.3 Å². The molecule has 2 bridgehead atoms. The second-order valence-corrected chi connectivity index (χ2v) is 8.62. The fraction of sp³-hybridized carbons (Fsp3) is 0.375. The summed E-state index contributed by atoms with van der Waals surface area (Å²) in [5.74, 6) is 0.871. The highest BCUT2D eigenvalue weighted by Gasteiger charge is 2.43. The summed E-state index contributed by atoms with van der Waals surface area (Å²) in [4.78, 5) is 15.3. The molecule has 2 aromatic carbocycles. The van der Waals surface area contributed by atoms with Crippen LogP contribution in [0.3, 0.4) is 0 Å². The van der Waals surface area contributed by atoms with E-state index in [1.807, 2.05) is 47.3 Å². The molecule has 2 N–H and O–H groups in total. The molecule has 4 atom stereocenters. The van der Waals surface area contributed by atoms with Gasteiger partial charge >= 0.3 is 0 Å². The van der Waals surface area contributed by atoms with Gasteiger partial charge in [-0.25, -0.2) is 0 Å². The molecule has 4 heterocycles. The minimum Gasteiger partial charge on any atom is -0.508 e. The zero-order chi connectivity index (χ0) is 21.2. The van der Waals surface area contributed by atoms with E-state index in [-0.39, 0.29) is 17.6 Å². The van der Waals surface area contributed by atoms with E-state index < -0.39 is 0 Å². The zero-order valence-corrected chi connectivity index (χ0v) is 17.4. The van der Waals surface area contributed by atoms with Gasteiger partial charge in [-0.3, -0.25) is 14.4 Å². The SMILES string of the molecule is O=C(NCc1ccccc1)C1CN2CCC1CC2Cn1cc(-c2cccc(O)c2)nn1. The fourth-order valence-corrected chi connectivity index (χ4v) is 4.94. The summed E-state index contributed by atoms with van der Waals surface area (Å²) in [6, 6.07) is 17.5. The summed E-state index contributed by atoms with van der Waals surface area (Å²) in [6.07, 6.45) is 4.01. The third-order valence-corrected chi connectivity index (χ3v) is 6.60. The van der Waals surface area contributed by atoms with Gasteiger partial charge in [0.05, 0.1) is 18.7 Å². The second-order valence-electron chi connectivity index (χ2n) is 8.62. The van der Waals surface area contributed by atoms with Crippen molar-refractivity contribution in [1.29, 1.82) is 0 Å². The molecular weight excluding hydrogens is 390 g/mol. The quantitative estimate of drug-likeness (QED) is 0.644. The summed E-state index contributed by atoms with van der Waals surface area (Å²) < 4.78 is 1.88. The van der Waals surface area contributed by atoms with Crippen molar-refractivity contribution >= 4 is 5.91 Å². The number of phenols is 1. The monoisotopic (exact) mass is 417 g/mol. The van der Waals surface area contributed by atoms with Crippen LogP contribution < -0.4 is 5.32 Å². The molecule has 1 aromatic heterocycles. The Morgan fingerprint density at radius 3 is 2.81 bits per heavy atom. The summed E-state index contributed by atoms with van der Waals surface area (Å²) in [7, 11) is 0. The molecule has 7 heteroatoms. The highest BCUT2D eigenvalue weighted by atomic mass is 16.3. The van der Waals surface area contributed by atoms with Crippen LogP contribution >= 0.6 is 0 Å². The largest absolute Gasteiger partial charge is 0.508 e. The molecule has 7 nitrogen and oxygen atoms in total. The molecule has 6 rings (SSSR count). The van der Waals surface area contributed by atoms with E-state index in [1.165, 1.54) is 0 Å². The smallest absolute Gasteiger partial charge is 0.224 e. The van der Waals surface area contributed by atoms with Crippen molar-refractivity contribution in [2.24, 2.45) is 11.8 Å². The summed E-state index contributed by atoms with van der Waals surface area (Å²) in [6.45, 7) is 3.19. The number of amides is 1. The lowest BCUT2D eigenvalue weighted by Crippen LogP contribution is -2.57. The molecule has 3 saturated heterocycles. The molecule has 0 radical (unpaired) electrons. The Balaban J connectivity index is 1.19. The Labute approximate surface area is 181 Å². The number of hydrogen-bond donors (Lipinski definition) is 2. The average molecular weight is 418 g/mol. The van der Waals surface area contributed by atoms with Gasteiger partial charge in [0.2, 0.25) is 5.91 Å². The highest BCUT2D eigenvalue weighted by Crippen LogP contribution is 2.37. The minimum absolute atomic E-state index is 0.0623. The number of carbonyl (C=O) groups is 1. The number of aromatic nitrogens is 3. The van der Waals surface area contributed by atoms with Crippen LogP contribution in [0, 0.1) is 11.8 Å². The van der Waals surface area contributed by atoms with Crippen molar-refractivity contribution < 1.29 is 9.90 Å². The van der Waals surface area contributed by atoms with Crippen LogP contribution in [-0.4, -0.2) is 50.0 Å². The zero-order valence-electron chi connectivity index (χ0n) is 17.4. The summed E-state index contributed by atoms with van der Waals surface area (Å²) in [5.41, 5.74) is 2.74. The molecule has 3 aliphatic heterocycles. The number of carbonyl (C=O) groups excluding carboxylic acids is 1. The fourth-order valence-electron chi connectivity index (χ4n) is 4.94. The number of fused-ring (bicyclic) bond motifs is 3. The maximum Gasteiger partial charge on any atom is 0.224 e. The number of piperidine rings is 3. The van der Waals surface area contributed by atoms with Crippen molar-refractivity contribution in [2.75, 3.05) is 13.1 Å². The lowest BCUT2D eigenvalue weighted by Gasteiger charge is -2.49. The molecule has 0 saturated carbocycles. The van der Waals surface area contributed by atoms with E-state index in [0.717, 1.165) is 49.3 Å². The van der Waals surface area contributed by atoms with Gasteiger partial charge in [0.1, 0.15) is 11.4 Å². The van der Waals surface area contributed by atoms with Crippen molar-refractivity contribution in [1.82, 2.24) is 25.2 Å². The van der Waals surface area contributed by atoms with Crippen LogP contribution in [-0.2, 0) is 17.9 Å². The Morgan fingerprint density at radius 2 is 2.03 bits per heavy atom. The molecule has 3 aliphatic rings. The van der Waals surface area contributed by atoms with E-state index in [1.54, 1.807) is 18.2 Å². The first kappa shape index (κ1) is 19.8. The normalized spacial score (nSPS) is 24.8. The van der Waals surface area contributed by atoms with E-state index >= 15 is 0 Å². The van der Waals surface area contributed by atoms with Crippen LogP contribution in [0.15, 0.2) is 60.8 Å². The predicted octanol–water partition coefficient (Wildman–Crippen LogP) is 2.68. The Hall–Kier alpha value is -3.19.